The molecule has 0 aliphatic heterocycles. The summed E-state index contributed by atoms with van der Waals surface area (Å²) in [7, 11) is 2.79. The minimum absolute atomic E-state index is 0.0656. The minimum atomic E-state index is -4.46. The average Bonchev–Trinajstić information content (AvgIpc) is 2.15. The van der Waals surface area contributed by atoms with E-state index in [0.29, 0.717) is 5.69 Å². The summed E-state index contributed by atoms with van der Waals surface area (Å²) in [4.78, 5) is 3.28. The summed E-state index contributed by atoms with van der Waals surface area (Å²) in [6.45, 7) is 0. The van der Waals surface area contributed by atoms with E-state index in [0.717, 1.165) is 6.07 Å². The standard InChI is InChI=1S/C8H9F3N2O/c1-12-5-3-6(8(9,10)11)13-7(4-5)14-2/h3-4H,1-2H3,(H,12,13). The third kappa shape index (κ3) is 2.27. The molecule has 1 rings (SSSR count). The molecule has 3 nitrogen and oxygen atoms in total. The van der Waals surface area contributed by atoms with E-state index < -0.39 is 11.9 Å². The number of halogens is 3. The zero-order valence-electron chi connectivity index (χ0n) is 7.64. The van der Waals surface area contributed by atoms with Crippen molar-refractivity contribution in [2.75, 3.05) is 19.5 Å². The molecule has 0 aliphatic rings. The molecule has 14 heavy (non-hydrogen) atoms. The number of pyridine rings is 1. The first-order chi connectivity index (χ1) is 6.47. The normalized spacial score (nSPS) is 11.2. The number of nitrogens with one attached hydrogen (secondary N) is 1. The van der Waals surface area contributed by atoms with Crippen LogP contribution in [0, 0.1) is 0 Å². The van der Waals surface area contributed by atoms with Gasteiger partial charge in [0.1, 0.15) is 0 Å². The quantitative estimate of drug-likeness (QED) is 0.805. The van der Waals surface area contributed by atoms with Crippen LogP contribution in [0.2, 0.25) is 0 Å². The molecule has 78 valence electrons. The molecule has 6 heteroatoms. The third-order valence-corrected chi connectivity index (χ3v) is 1.59. The van der Waals surface area contributed by atoms with Gasteiger partial charge in [0.05, 0.1) is 7.11 Å². The SMILES string of the molecule is CNc1cc(OC)nc(C(F)(F)F)c1. The van der Waals surface area contributed by atoms with Crippen molar-refractivity contribution in [3.8, 4) is 5.88 Å². The highest BCUT2D eigenvalue weighted by Crippen LogP contribution is 2.31. The lowest BCUT2D eigenvalue weighted by molar-refractivity contribution is -0.141. The number of hydrogen-bond acceptors (Lipinski definition) is 3. The highest BCUT2D eigenvalue weighted by atomic mass is 19.4. The number of aromatic nitrogens is 1. The molecule has 0 unspecified atom stereocenters. The van der Waals surface area contributed by atoms with Crippen molar-refractivity contribution in [1.29, 1.82) is 0 Å². The lowest BCUT2D eigenvalue weighted by atomic mass is 10.3. The van der Waals surface area contributed by atoms with Crippen LogP contribution in [0.25, 0.3) is 0 Å². The van der Waals surface area contributed by atoms with Crippen LogP contribution in [0.15, 0.2) is 12.1 Å². The van der Waals surface area contributed by atoms with Gasteiger partial charge in [-0.1, -0.05) is 0 Å². The molecule has 0 spiro atoms. The van der Waals surface area contributed by atoms with Gasteiger partial charge in [0, 0.05) is 18.8 Å². The van der Waals surface area contributed by atoms with E-state index in [1.807, 2.05) is 0 Å². The van der Waals surface area contributed by atoms with Gasteiger partial charge in [-0.2, -0.15) is 13.2 Å². The monoisotopic (exact) mass is 206 g/mol. The highest BCUT2D eigenvalue weighted by molar-refractivity contribution is 5.47. The smallest absolute Gasteiger partial charge is 0.433 e. The van der Waals surface area contributed by atoms with Crippen molar-refractivity contribution in [1.82, 2.24) is 4.98 Å². The Balaban J connectivity index is 3.17. The molecule has 0 aliphatic carbocycles. The van der Waals surface area contributed by atoms with Gasteiger partial charge in [-0.15, -0.1) is 0 Å². The second kappa shape index (κ2) is 3.73. The third-order valence-electron chi connectivity index (χ3n) is 1.59. The Kier molecular flexibility index (Phi) is 2.83. The zero-order chi connectivity index (χ0) is 10.8. The Morgan fingerprint density at radius 1 is 1.36 bits per heavy atom. The minimum Gasteiger partial charge on any atom is -0.481 e. The first-order valence-electron chi connectivity index (χ1n) is 3.78. The van der Waals surface area contributed by atoms with Crippen LogP contribution >= 0.6 is 0 Å². The molecule has 1 aromatic rings. The van der Waals surface area contributed by atoms with Crippen molar-refractivity contribution in [3.63, 3.8) is 0 Å². The summed E-state index contributed by atoms with van der Waals surface area (Å²) < 4.78 is 41.5. The first kappa shape index (κ1) is 10.6. The number of rotatable bonds is 2. The molecule has 0 saturated heterocycles. The van der Waals surface area contributed by atoms with Crippen LogP contribution in [0.5, 0.6) is 5.88 Å². The summed E-state index contributed by atoms with van der Waals surface area (Å²) in [5.74, 6) is -0.0656. The molecule has 0 amide bonds. The van der Waals surface area contributed by atoms with E-state index in [1.165, 1.54) is 20.2 Å². The number of hydrogen-bond donors (Lipinski definition) is 1. The largest absolute Gasteiger partial charge is 0.481 e. The topological polar surface area (TPSA) is 34.1 Å². The second-order valence-corrected chi connectivity index (χ2v) is 2.53. The second-order valence-electron chi connectivity index (χ2n) is 2.53. The Morgan fingerprint density at radius 3 is 2.43 bits per heavy atom. The molecule has 0 atom stereocenters. The fourth-order valence-electron chi connectivity index (χ4n) is 0.899. The summed E-state index contributed by atoms with van der Waals surface area (Å²) in [5, 5.41) is 2.59. The molecule has 1 N–H and O–H groups in total. The van der Waals surface area contributed by atoms with Crippen LogP contribution in [0.3, 0.4) is 0 Å². The Hall–Kier alpha value is -1.46. The lowest BCUT2D eigenvalue weighted by Crippen LogP contribution is -2.09. The van der Waals surface area contributed by atoms with Crippen molar-refractivity contribution >= 4 is 5.69 Å². The Labute approximate surface area is 78.9 Å². The fraction of sp³-hybridized carbons (Fsp3) is 0.375. The van der Waals surface area contributed by atoms with Gasteiger partial charge < -0.3 is 10.1 Å². The maximum absolute atomic E-state index is 12.3. The van der Waals surface area contributed by atoms with Crippen LogP contribution in [-0.2, 0) is 6.18 Å². The number of methoxy groups -OCH3 is 1. The van der Waals surface area contributed by atoms with Gasteiger partial charge in [-0.05, 0) is 6.07 Å². The molecular weight excluding hydrogens is 197 g/mol. The maximum Gasteiger partial charge on any atom is 0.433 e. The zero-order valence-corrected chi connectivity index (χ0v) is 7.64. The lowest BCUT2D eigenvalue weighted by Gasteiger charge is -2.09. The molecule has 1 heterocycles. The van der Waals surface area contributed by atoms with Crippen molar-refractivity contribution in [2.24, 2.45) is 0 Å². The fourth-order valence-corrected chi connectivity index (χ4v) is 0.899. The van der Waals surface area contributed by atoms with E-state index in [9.17, 15) is 13.2 Å². The summed E-state index contributed by atoms with van der Waals surface area (Å²) in [5.41, 5.74) is -0.662. The van der Waals surface area contributed by atoms with E-state index in [-0.39, 0.29) is 5.88 Å². The number of ether oxygens (including phenoxy) is 1. The molecule has 1 aromatic heterocycles. The van der Waals surface area contributed by atoms with Gasteiger partial charge in [0.2, 0.25) is 5.88 Å². The van der Waals surface area contributed by atoms with Crippen molar-refractivity contribution in [2.45, 2.75) is 6.18 Å². The molecule has 0 bridgehead atoms. The number of nitrogens with zero attached hydrogens (tertiary/aromatic N) is 1. The van der Waals surface area contributed by atoms with Crippen molar-refractivity contribution in [3.05, 3.63) is 17.8 Å². The van der Waals surface area contributed by atoms with Gasteiger partial charge in [-0.3, -0.25) is 0 Å². The predicted octanol–water partition coefficient (Wildman–Crippen LogP) is 2.15. The Morgan fingerprint density at radius 2 is 2.00 bits per heavy atom. The van der Waals surface area contributed by atoms with Gasteiger partial charge in [0.15, 0.2) is 5.69 Å². The van der Waals surface area contributed by atoms with E-state index in [4.69, 9.17) is 0 Å². The van der Waals surface area contributed by atoms with Gasteiger partial charge in [-0.25, -0.2) is 4.98 Å². The average molecular weight is 206 g/mol. The van der Waals surface area contributed by atoms with Gasteiger partial charge in [0.25, 0.3) is 0 Å². The first-order valence-corrected chi connectivity index (χ1v) is 3.78. The number of alkyl halides is 3. The summed E-state index contributed by atoms with van der Waals surface area (Å²) in [6, 6.07) is 2.30. The van der Waals surface area contributed by atoms with E-state index >= 15 is 0 Å². The molecule has 0 aromatic carbocycles. The number of anilines is 1. The molecular formula is C8H9F3N2O. The van der Waals surface area contributed by atoms with Crippen molar-refractivity contribution < 1.29 is 17.9 Å². The van der Waals surface area contributed by atoms with Crippen LogP contribution in [0.4, 0.5) is 18.9 Å². The van der Waals surface area contributed by atoms with Crippen LogP contribution in [0.1, 0.15) is 5.69 Å². The summed E-state index contributed by atoms with van der Waals surface area (Å²) in [6.07, 6.45) is -4.46. The molecule has 0 fully saturated rings. The van der Waals surface area contributed by atoms with Gasteiger partial charge >= 0.3 is 6.18 Å². The summed E-state index contributed by atoms with van der Waals surface area (Å²) >= 11 is 0. The molecule has 0 radical (unpaired) electrons. The Bertz CT molecular complexity index is 303. The maximum atomic E-state index is 12.3. The van der Waals surface area contributed by atoms with Crippen LogP contribution in [-0.4, -0.2) is 19.1 Å². The predicted molar refractivity (Wildman–Crippen MR) is 45.3 cm³/mol. The molecule has 0 saturated carbocycles. The van der Waals surface area contributed by atoms with E-state index in [1.54, 1.807) is 0 Å². The van der Waals surface area contributed by atoms with Crippen LogP contribution < -0.4 is 10.1 Å². The highest BCUT2D eigenvalue weighted by Gasteiger charge is 2.33. The van der Waals surface area contributed by atoms with E-state index in [2.05, 4.69) is 15.0 Å².